The van der Waals surface area contributed by atoms with E-state index in [0.717, 1.165) is 54.2 Å². The molecule has 3 aromatic heterocycles. The number of imidazole rings is 1. The molecule has 0 saturated carbocycles. The Labute approximate surface area is 174 Å². The highest BCUT2D eigenvalue weighted by Crippen LogP contribution is 2.26. The number of halogens is 1. The summed E-state index contributed by atoms with van der Waals surface area (Å²) in [5, 5.41) is 7.25. The molecular weight excluding hydrogens is 381 g/mol. The van der Waals surface area contributed by atoms with Gasteiger partial charge in [-0.25, -0.2) is 14.4 Å². The topological polar surface area (TPSA) is 70.4 Å². The van der Waals surface area contributed by atoms with Gasteiger partial charge < -0.3 is 15.5 Å². The first-order valence-electron chi connectivity index (χ1n) is 10.3. The zero-order valence-corrected chi connectivity index (χ0v) is 17.1. The molecule has 154 valence electrons. The van der Waals surface area contributed by atoms with Crippen LogP contribution >= 0.6 is 0 Å². The number of hydrogen-bond acceptors (Lipinski definition) is 6. The lowest BCUT2D eigenvalue weighted by atomic mass is 10.1. The summed E-state index contributed by atoms with van der Waals surface area (Å²) in [6, 6.07) is 9.16. The standard InChI is InChI=1S/C22H24FN7/c1-14(2)19-13-25-20-6-3-15-12-26-22(28-21(15)30(19)20)27-18-5-4-16(11-17(18)23)29-9-7-24-8-10-29/h3-6,11-14,24H,7-10H2,1-2H3,(H,26,27,28). The van der Waals surface area contributed by atoms with Crippen LogP contribution in [0.2, 0.25) is 0 Å². The first kappa shape index (κ1) is 18.7. The van der Waals surface area contributed by atoms with Crippen molar-refractivity contribution < 1.29 is 4.39 Å². The number of rotatable bonds is 4. The van der Waals surface area contributed by atoms with Crippen molar-refractivity contribution in [2.45, 2.75) is 19.8 Å². The van der Waals surface area contributed by atoms with E-state index in [4.69, 9.17) is 0 Å². The number of benzene rings is 1. The quantitative estimate of drug-likeness (QED) is 0.540. The third-order valence-electron chi connectivity index (χ3n) is 5.51. The second-order valence-electron chi connectivity index (χ2n) is 7.86. The molecular formula is C22H24FN7. The molecule has 7 nitrogen and oxygen atoms in total. The molecule has 0 radical (unpaired) electrons. The molecule has 0 spiro atoms. The van der Waals surface area contributed by atoms with Crippen LogP contribution in [-0.4, -0.2) is 45.5 Å². The van der Waals surface area contributed by atoms with Crippen LogP contribution in [0.25, 0.3) is 16.7 Å². The predicted octanol–water partition coefficient (Wildman–Crippen LogP) is 3.69. The third kappa shape index (κ3) is 3.33. The summed E-state index contributed by atoms with van der Waals surface area (Å²) in [6.45, 7) is 7.81. The Hall–Kier alpha value is -3.26. The van der Waals surface area contributed by atoms with Gasteiger partial charge in [-0.15, -0.1) is 0 Å². The molecule has 0 amide bonds. The van der Waals surface area contributed by atoms with Crippen molar-refractivity contribution in [3.8, 4) is 0 Å². The monoisotopic (exact) mass is 405 g/mol. The van der Waals surface area contributed by atoms with E-state index in [9.17, 15) is 4.39 Å². The number of anilines is 3. The summed E-state index contributed by atoms with van der Waals surface area (Å²) in [6.07, 6.45) is 3.63. The average Bonchev–Trinajstić information content (AvgIpc) is 3.21. The zero-order valence-electron chi connectivity index (χ0n) is 17.1. The van der Waals surface area contributed by atoms with Crippen molar-refractivity contribution >= 4 is 34.0 Å². The maximum Gasteiger partial charge on any atom is 0.229 e. The molecule has 2 N–H and O–H groups in total. The highest BCUT2D eigenvalue weighted by molar-refractivity contribution is 5.79. The van der Waals surface area contributed by atoms with Gasteiger partial charge in [-0.2, -0.15) is 4.98 Å². The fourth-order valence-corrected chi connectivity index (χ4v) is 3.88. The van der Waals surface area contributed by atoms with E-state index in [2.05, 4.69) is 44.3 Å². The maximum atomic E-state index is 14.8. The van der Waals surface area contributed by atoms with E-state index in [1.165, 1.54) is 0 Å². The van der Waals surface area contributed by atoms with E-state index in [-0.39, 0.29) is 5.82 Å². The first-order chi connectivity index (χ1) is 14.6. The van der Waals surface area contributed by atoms with Crippen molar-refractivity contribution in [3.05, 3.63) is 54.2 Å². The Morgan fingerprint density at radius 1 is 1.07 bits per heavy atom. The minimum atomic E-state index is -0.321. The van der Waals surface area contributed by atoms with Gasteiger partial charge in [-0.1, -0.05) is 13.8 Å². The van der Waals surface area contributed by atoms with Crippen LogP contribution in [0.1, 0.15) is 25.5 Å². The average molecular weight is 405 g/mol. The Bertz CT molecular complexity index is 1210. The van der Waals surface area contributed by atoms with Crippen molar-refractivity contribution in [2.75, 3.05) is 36.4 Å². The van der Waals surface area contributed by atoms with Gasteiger partial charge in [-0.3, -0.25) is 4.40 Å². The highest BCUT2D eigenvalue weighted by atomic mass is 19.1. The summed E-state index contributed by atoms with van der Waals surface area (Å²) in [7, 11) is 0. The normalized spacial score (nSPS) is 14.7. The molecule has 4 aromatic rings. The molecule has 0 bridgehead atoms. The van der Waals surface area contributed by atoms with E-state index < -0.39 is 0 Å². The SMILES string of the molecule is CC(C)c1cnc2ccc3cnc(Nc4ccc(N5CCNCC5)cc4F)nc3n12. The molecule has 0 unspecified atom stereocenters. The molecule has 1 aliphatic rings. The predicted molar refractivity (Wildman–Crippen MR) is 117 cm³/mol. The lowest BCUT2D eigenvalue weighted by Gasteiger charge is -2.29. The molecule has 1 aromatic carbocycles. The van der Waals surface area contributed by atoms with Crippen molar-refractivity contribution in [1.29, 1.82) is 0 Å². The summed E-state index contributed by atoms with van der Waals surface area (Å²) in [5.74, 6) is 0.331. The van der Waals surface area contributed by atoms with Crippen molar-refractivity contribution in [2.24, 2.45) is 0 Å². The molecule has 0 aliphatic carbocycles. The molecule has 0 atom stereocenters. The summed E-state index contributed by atoms with van der Waals surface area (Å²) in [4.78, 5) is 15.7. The van der Waals surface area contributed by atoms with Gasteiger partial charge in [0.25, 0.3) is 0 Å². The van der Waals surface area contributed by atoms with Gasteiger partial charge in [0.1, 0.15) is 11.5 Å². The van der Waals surface area contributed by atoms with Crippen LogP contribution in [-0.2, 0) is 0 Å². The minimum Gasteiger partial charge on any atom is -0.369 e. The van der Waals surface area contributed by atoms with E-state index in [1.807, 2.05) is 28.8 Å². The van der Waals surface area contributed by atoms with Gasteiger partial charge in [0.2, 0.25) is 5.95 Å². The second-order valence-corrected chi connectivity index (χ2v) is 7.86. The smallest absolute Gasteiger partial charge is 0.229 e. The summed E-state index contributed by atoms with van der Waals surface area (Å²) < 4.78 is 16.8. The van der Waals surface area contributed by atoms with E-state index in [1.54, 1.807) is 18.3 Å². The molecule has 30 heavy (non-hydrogen) atoms. The number of hydrogen-bond donors (Lipinski definition) is 2. The van der Waals surface area contributed by atoms with Crippen LogP contribution in [0.3, 0.4) is 0 Å². The number of pyridine rings is 1. The number of nitrogens with one attached hydrogen (secondary N) is 2. The van der Waals surface area contributed by atoms with Gasteiger partial charge >= 0.3 is 0 Å². The number of fused-ring (bicyclic) bond motifs is 3. The zero-order chi connectivity index (χ0) is 20.7. The third-order valence-corrected chi connectivity index (χ3v) is 5.51. The molecule has 1 saturated heterocycles. The van der Waals surface area contributed by atoms with Crippen LogP contribution in [0, 0.1) is 5.82 Å². The second kappa shape index (κ2) is 7.53. The fraction of sp³-hybridized carbons (Fsp3) is 0.318. The molecule has 5 rings (SSSR count). The number of piperazine rings is 1. The Kier molecular flexibility index (Phi) is 4.71. The lowest BCUT2D eigenvalue weighted by Crippen LogP contribution is -2.43. The van der Waals surface area contributed by atoms with Gasteiger partial charge in [0.15, 0.2) is 5.65 Å². The van der Waals surface area contributed by atoms with Crippen LogP contribution in [0.5, 0.6) is 0 Å². The maximum absolute atomic E-state index is 14.8. The van der Waals surface area contributed by atoms with Crippen LogP contribution < -0.4 is 15.5 Å². The van der Waals surface area contributed by atoms with Gasteiger partial charge in [-0.05, 0) is 36.2 Å². The van der Waals surface area contributed by atoms with Crippen LogP contribution in [0.15, 0.2) is 42.7 Å². The van der Waals surface area contributed by atoms with Gasteiger partial charge in [0, 0.05) is 55.3 Å². The van der Waals surface area contributed by atoms with Crippen LogP contribution in [0.4, 0.5) is 21.7 Å². The molecule has 8 heteroatoms. The Morgan fingerprint density at radius 3 is 2.67 bits per heavy atom. The first-order valence-corrected chi connectivity index (χ1v) is 10.3. The highest BCUT2D eigenvalue weighted by Gasteiger charge is 2.15. The number of aromatic nitrogens is 4. The van der Waals surface area contributed by atoms with E-state index in [0.29, 0.717) is 17.6 Å². The van der Waals surface area contributed by atoms with E-state index >= 15 is 0 Å². The molecule has 1 aliphatic heterocycles. The number of nitrogens with zero attached hydrogens (tertiary/aromatic N) is 5. The van der Waals surface area contributed by atoms with Gasteiger partial charge in [0.05, 0.1) is 5.69 Å². The summed E-state index contributed by atoms with van der Waals surface area (Å²) >= 11 is 0. The Balaban J connectivity index is 1.49. The molecule has 1 fully saturated rings. The Morgan fingerprint density at radius 2 is 1.90 bits per heavy atom. The minimum absolute atomic E-state index is 0.298. The lowest BCUT2D eigenvalue weighted by molar-refractivity contribution is 0.585. The van der Waals surface area contributed by atoms with Crippen molar-refractivity contribution in [3.63, 3.8) is 0 Å². The summed E-state index contributed by atoms with van der Waals surface area (Å²) in [5.41, 5.74) is 3.91. The molecule has 4 heterocycles. The van der Waals surface area contributed by atoms with Crippen molar-refractivity contribution in [1.82, 2.24) is 24.7 Å². The largest absolute Gasteiger partial charge is 0.369 e. The fourth-order valence-electron chi connectivity index (χ4n) is 3.88.